The van der Waals surface area contributed by atoms with Crippen molar-refractivity contribution in [2.24, 2.45) is 5.41 Å². The predicted molar refractivity (Wildman–Crippen MR) is 76.6 cm³/mol. The molecular weight excluding hydrogens is 262 g/mol. The molecule has 0 saturated heterocycles. The molecule has 1 amide bonds. The number of rotatable bonds is 2. The Kier molecular flexibility index (Phi) is 4.04. The van der Waals surface area contributed by atoms with Crippen LogP contribution < -0.4 is 5.32 Å². The van der Waals surface area contributed by atoms with Gasteiger partial charge in [0.25, 0.3) is 5.91 Å². The number of amides is 1. The summed E-state index contributed by atoms with van der Waals surface area (Å²) in [5.74, 6) is -0.295. The van der Waals surface area contributed by atoms with Crippen molar-refractivity contribution in [3.05, 3.63) is 28.8 Å². The second-order valence-corrected chi connectivity index (χ2v) is 6.53. The first-order valence-electron chi connectivity index (χ1n) is 6.67. The lowest BCUT2D eigenvalue weighted by molar-refractivity contribution is 0.0900. The van der Waals surface area contributed by atoms with E-state index in [1.165, 1.54) is 12.5 Å². The number of phenolic OH excluding ortho intramolecular Hbond substituents is 1. The summed E-state index contributed by atoms with van der Waals surface area (Å²) < 4.78 is 0. The van der Waals surface area contributed by atoms with Crippen molar-refractivity contribution in [3.8, 4) is 5.75 Å². The number of nitrogens with one attached hydrogen (secondary N) is 1. The summed E-state index contributed by atoms with van der Waals surface area (Å²) in [6.45, 7) is 4.45. The second-order valence-electron chi connectivity index (χ2n) is 6.09. The van der Waals surface area contributed by atoms with E-state index in [0.717, 1.165) is 19.3 Å². The van der Waals surface area contributed by atoms with Gasteiger partial charge in [-0.15, -0.1) is 0 Å². The van der Waals surface area contributed by atoms with E-state index in [1.54, 1.807) is 12.1 Å². The van der Waals surface area contributed by atoms with Gasteiger partial charge in [0.05, 0.1) is 5.56 Å². The number of hydrogen-bond acceptors (Lipinski definition) is 2. The van der Waals surface area contributed by atoms with E-state index in [1.807, 2.05) is 0 Å². The molecule has 1 aromatic carbocycles. The first kappa shape index (κ1) is 14.2. The number of carbonyl (C=O) groups excluding carboxylic acids is 1. The average molecular weight is 282 g/mol. The quantitative estimate of drug-likeness (QED) is 0.867. The molecule has 0 heterocycles. The monoisotopic (exact) mass is 281 g/mol. The minimum atomic E-state index is -0.225. The Morgan fingerprint density at radius 2 is 2.21 bits per heavy atom. The molecule has 0 spiro atoms. The minimum Gasteiger partial charge on any atom is -0.507 e. The van der Waals surface area contributed by atoms with Crippen molar-refractivity contribution in [2.45, 2.75) is 45.6 Å². The highest BCUT2D eigenvalue weighted by molar-refractivity contribution is 6.30. The molecule has 1 unspecified atom stereocenters. The summed E-state index contributed by atoms with van der Waals surface area (Å²) in [6, 6.07) is 4.75. The van der Waals surface area contributed by atoms with Crippen LogP contribution in [-0.2, 0) is 0 Å². The minimum absolute atomic E-state index is 0.0694. The van der Waals surface area contributed by atoms with Crippen molar-refractivity contribution >= 4 is 17.5 Å². The summed E-state index contributed by atoms with van der Waals surface area (Å²) in [6.07, 6.45) is 4.31. The fourth-order valence-electron chi connectivity index (χ4n) is 2.78. The van der Waals surface area contributed by atoms with Crippen LogP contribution in [0.2, 0.25) is 5.02 Å². The number of aromatic hydroxyl groups is 1. The Morgan fingerprint density at radius 3 is 2.84 bits per heavy atom. The second kappa shape index (κ2) is 5.41. The molecule has 0 aromatic heterocycles. The van der Waals surface area contributed by atoms with E-state index < -0.39 is 0 Å². The van der Waals surface area contributed by atoms with Gasteiger partial charge >= 0.3 is 0 Å². The highest BCUT2D eigenvalue weighted by Gasteiger charge is 2.29. The van der Waals surface area contributed by atoms with E-state index >= 15 is 0 Å². The zero-order valence-electron chi connectivity index (χ0n) is 11.4. The third-order valence-corrected chi connectivity index (χ3v) is 3.98. The third-order valence-electron chi connectivity index (χ3n) is 3.74. The van der Waals surface area contributed by atoms with Gasteiger partial charge in [0.2, 0.25) is 0 Å². The van der Waals surface area contributed by atoms with Crippen molar-refractivity contribution in [1.29, 1.82) is 0 Å². The highest BCUT2D eigenvalue weighted by atomic mass is 35.5. The molecule has 1 atom stereocenters. The van der Waals surface area contributed by atoms with Crippen molar-refractivity contribution in [3.63, 3.8) is 0 Å². The van der Waals surface area contributed by atoms with Crippen LogP contribution in [0, 0.1) is 5.41 Å². The number of benzene rings is 1. The Morgan fingerprint density at radius 1 is 1.47 bits per heavy atom. The van der Waals surface area contributed by atoms with E-state index in [9.17, 15) is 9.90 Å². The number of hydrogen-bond donors (Lipinski definition) is 2. The van der Waals surface area contributed by atoms with Gasteiger partial charge in [-0.2, -0.15) is 0 Å². The first-order valence-corrected chi connectivity index (χ1v) is 7.04. The van der Waals surface area contributed by atoms with Crippen LogP contribution in [0.25, 0.3) is 0 Å². The van der Waals surface area contributed by atoms with Crippen LogP contribution in [0.3, 0.4) is 0 Å². The van der Waals surface area contributed by atoms with E-state index in [4.69, 9.17) is 11.6 Å². The van der Waals surface area contributed by atoms with Gasteiger partial charge < -0.3 is 10.4 Å². The van der Waals surface area contributed by atoms with Crippen LogP contribution in [-0.4, -0.2) is 17.1 Å². The molecule has 1 aliphatic carbocycles. The normalized spacial score (nSPS) is 21.9. The maximum Gasteiger partial charge on any atom is 0.255 e. The van der Waals surface area contributed by atoms with Gasteiger partial charge in [0.15, 0.2) is 0 Å². The Bertz CT molecular complexity index is 485. The molecule has 2 N–H and O–H groups in total. The fraction of sp³-hybridized carbons (Fsp3) is 0.533. The fourth-order valence-corrected chi connectivity index (χ4v) is 2.95. The lowest BCUT2D eigenvalue weighted by Gasteiger charge is -2.35. The number of halogens is 1. The molecule has 1 saturated carbocycles. The van der Waals surface area contributed by atoms with Crippen LogP contribution in [0.5, 0.6) is 5.75 Å². The summed E-state index contributed by atoms with van der Waals surface area (Å²) in [5, 5.41) is 13.2. The molecule has 4 heteroatoms. The largest absolute Gasteiger partial charge is 0.507 e. The van der Waals surface area contributed by atoms with Gasteiger partial charge in [0.1, 0.15) is 5.75 Å². The molecular formula is C15H20ClNO2. The van der Waals surface area contributed by atoms with Crippen molar-refractivity contribution in [1.82, 2.24) is 5.32 Å². The Balaban J connectivity index is 2.04. The molecule has 0 radical (unpaired) electrons. The van der Waals surface area contributed by atoms with E-state index in [2.05, 4.69) is 19.2 Å². The van der Waals surface area contributed by atoms with Crippen LogP contribution >= 0.6 is 11.6 Å². The molecule has 3 nitrogen and oxygen atoms in total. The van der Waals surface area contributed by atoms with Crippen LogP contribution in [0.4, 0.5) is 0 Å². The Hall–Kier alpha value is -1.22. The standard InChI is InChI=1S/C15H20ClNO2/c1-15(2)7-3-4-11(9-15)17-14(19)12-6-5-10(16)8-13(12)18/h5-6,8,11,18H,3-4,7,9H2,1-2H3,(H,17,19). The zero-order chi connectivity index (χ0) is 14.0. The smallest absolute Gasteiger partial charge is 0.255 e. The first-order chi connectivity index (χ1) is 8.87. The Labute approximate surface area is 119 Å². The maximum atomic E-state index is 12.1. The summed E-state index contributed by atoms with van der Waals surface area (Å²) >= 11 is 5.76. The lowest BCUT2D eigenvalue weighted by atomic mass is 9.75. The predicted octanol–water partition coefficient (Wildman–Crippen LogP) is 3.74. The lowest BCUT2D eigenvalue weighted by Crippen LogP contribution is -2.40. The van der Waals surface area contributed by atoms with E-state index in [-0.39, 0.29) is 28.7 Å². The zero-order valence-corrected chi connectivity index (χ0v) is 12.1. The molecule has 1 fully saturated rings. The van der Waals surface area contributed by atoms with Gasteiger partial charge in [-0.05, 0) is 42.9 Å². The van der Waals surface area contributed by atoms with Crippen LogP contribution in [0.15, 0.2) is 18.2 Å². The van der Waals surface area contributed by atoms with Crippen LogP contribution in [0.1, 0.15) is 49.9 Å². The third kappa shape index (κ3) is 3.63. The van der Waals surface area contributed by atoms with Crippen molar-refractivity contribution < 1.29 is 9.90 Å². The molecule has 0 bridgehead atoms. The molecule has 2 rings (SSSR count). The average Bonchev–Trinajstić information content (AvgIpc) is 2.27. The number of phenols is 1. The number of carbonyl (C=O) groups is 1. The van der Waals surface area contributed by atoms with Gasteiger partial charge in [-0.25, -0.2) is 0 Å². The maximum absolute atomic E-state index is 12.1. The summed E-state index contributed by atoms with van der Waals surface area (Å²) in [7, 11) is 0. The molecule has 1 aliphatic rings. The van der Waals surface area contributed by atoms with Gasteiger partial charge in [-0.1, -0.05) is 31.9 Å². The summed E-state index contributed by atoms with van der Waals surface area (Å²) in [4.78, 5) is 12.1. The van der Waals surface area contributed by atoms with E-state index in [0.29, 0.717) is 5.02 Å². The highest BCUT2D eigenvalue weighted by Crippen LogP contribution is 2.35. The van der Waals surface area contributed by atoms with Gasteiger partial charge in [0, 0.05) is 11.1 Å². The topological polar surface area (TPSA) is 49.3 Å². The molecule has 1 aromatic rings. The molecule has 19 heavy (non-hydrogen) atoms. The molecule has 104 valence electrons. The summed E-state index contributed by atoms with van der Waals surface area (Å²) in [5.41, 5.74) is 0.561. The molecule has 0 aliphatic heterocycles. The van der Waals surface area contributed by atoms with Crippen molar-refractivity contribution in [2.75, 3.05) is 0 Å². The van der Waals surface area contributed by atoms with Gasteiger partial charge in [-0.3, -0.25) is 4.79 Å². The SMILES string of the molecule is CC1(C)CCCC(NC(=O)c2ccc(Cl)cc2O)C1.